The highest BCUT2D eigenvalue weighted by molar-refractivity contribution is 5.75. The van der Waals surface area contributed by atoms with Crippen LogP contribution in [0.3, 0.4) is 0 Å². The van der Waals surface area contributed by atoms with Gasteiger partial charge in [0.2, 0.25) is 0 Å². The van der Waals surface area contributed by atoms with E-state index >= 15 is 0 Å². The molecule has 0 aromatic heterocycles. The lowest BCUT2D eigenvalue weighted by Crippen LogP contribution is -2.62. The molecule has 4 fully saturated rings. The maximum Gasteiger partial charge on any atom is 0.317 e. The Balaban J connectivity index is 1.64. The number of hydrogen-bond donors (Lipinski definition) is 2. The van der Waals surface area contributed by atoms with E-state index in [2.05, 4.69) is 5.32 Å². The van der Waals surface area contributed by atoms with E-state index < -0.39 is 5.60 Å². The number of nitrogens with one attached hydrogen (secondary N) is 1. The first-order valence-electron chi connectivity index (χ1n) is 8.00. The van der Waals surface area contributed by atoms with Crippen molar-refractivity contribution in [3.63, 3.8) is 0 Å². The first kappa shape index (κ1) is 14.2. The number of carbonyl (C=O) groups is 1. The van der Waals surface area contributed by atoms with Gasteiger partial charge in [0, 0.05) is 12.6 Å². The molecule has 4 heteroatoms. The highest BCUT2D eigenvalue weighted by Crippen LogP contribution is 2.55. The van der Waals surface area contributed by atoms with Gasteiger partial charge in [-0.2, -0.15) is 0 Å². The molecule has 0 unspecified atom stereocenters. The Morgan fingerprint density at radius 1 is 1.20 bits per heavy atom. The van der Waals surface area contributed by atoms with E-state index in [-0.39, 0.29) is 11.6 Å². The van der Waals surface area contributed by atoms with Crippen LogP contribution in [-0.4, -0.2) is 40.8 Å². The molecule has 4 aliphatic rings. The number of rotatable bonds is 3. The van der Waals surface area contributed by atoms with E-state index in [0.717, 1.165) is 17.8 Å². The Morgan fingerprint density at radius 3 is 2.05 bits per heavy atom. The molecule has 0 aromatic carbocycles. The minimum Gasteiger partial charge on any atom is -0.389 e. The quantitative estimate of drug-likeness (QED) is 0.834. The Bertz CT molecular complexity index is 364. The molecule has 2 N–H and O–H groups in total. The molecule has 20 heavy (non-hydrogen) atoms. The van der Waals surface area contributed by atoms with Gasteiger partial charge in [-0.15, -0.1) is 0 Å². The van der Waals surface area contributed by atoms with Gasteiger partial charge in [-0.3, -0.25) is 0 Å². The SMILES string of the molecule is CN(CC(C)(C)O)C(=O)NC12CC3CC(CC(C3)C1)C2. The molecule has 4 nitrogen and oxygen atoms in total. The Hall–Kier alpha value is -0.770. The van der Waals surface area contributed by atoms with Gasteiger partial charge in [0.15, 0.2) is 0 Å². The van der Waals surface area contributed by atoms with Crippen molar-refractivity contribution in [2.24, 2.45) is 17.8 Å². The largest absolute Gasteiger partial charge is 0.389 e. The van der Waals surface area contributed by atoms with Crippen molar-refractivity contribution in [3.8, 4) is 0 Å². The monoisotopic (exact) mass is 280 g/mol. The van der Waals surface area contributed by atoms with Crippen molar-refractivity contribution in [3.05, 3.63) is 0 Å². The molecule has 0 spiro atoms. The molecule has 4 rings (SSSR count). The highest BCUT2D eigenvalue weighted by atomic mass is 16.3. The summed E-state index contributed by atoms with van der Waals surface area (Å²) in [5.74, 6) is 2.50. The van der Waals surface area contributed by atoms with Crippen LogP contribution < -0.4 is 5.32 Å². The summed E-state index contributed by atoms with van der Waals surface area (Å²) in [6.07, 6.45) is 7.65. The fraction of sp³-hybridized carbons (Fsp3) is 0.938. The number of likely N-dealkylation sites (N-methyl/N-ethyl adjacent to an activating group) is 1. The van der Waals surface area contributed by atoms with E-state index in [1.807, 2.05) is 0 Å². The molecule has 114 valence electrons. The van der Waals surface area contributed by atoms with Crippen LogP contribution in [0.4, 0.5) is 4.79 Å². The molecule has 0 aromatic rings. The lowest BCUT2D eigenvalue weighted by molar-refractivity contribution is -0.0171. The predicted molar refractivity (Wildman–Crippen MR) is 78.4 cm³/mol. The smallest absolute Gasteiger partial charge is 0.317 e. The summed E-state index contributed by atoms with van der Waals surface area (Å²) in [6, 6.07) is -0.0194. The van der Waals surface area contributed by atoms with Gasteiger partial charge in [-0.25, -0.2) is 4.79 Å². The fourth-order valence-corrected chi connectivity index (χ4v) is 5.24. The second kappa shape index (κ2) is 4.62. The van der Waals surface area contributed by atoms with Crippen molar-refractivity contribution < 1.29 is 9.90 Å². The standard InChI is InChI=1S/C16H28N2O2/c1-15(2,20)10-18(3)14(19)17-16-7-11-4-12(8-16)6-13(5-11)9-16/h11-13,20H,4-10H2,1-3H3,(H,17,19). The van der Waals surface area contributed by atoms with Gasteiger partial charge >= 0.3 is 6.03 Å². The van der Waals surface area contributed by atoms with Crippen LogP contribution in [0, 0.1) is 17.8 Å². The zero-order valence-corrected chi connectivity index (χ0v) is 13.0. The summed E-state index contributed by atoms with van der Waals surface area (Å²) >= 11 is 0. The van der Waals surface area contributed by atoms with E-state index in [1.54, 1.807) is 25.8 Å². The van der Waals surface area contributed by atoms with E-state index in [9.17, 15) is 9.90 Å². The molecule has 2 amide bonds. The van der Waals surface area contributed by atoms with E-state index in [4.69, 9.17) is 0 Å². The molecule has 4 aliphatic carbocycles. The Kier molecular flexibility index (Phi) is 3.27. The Morgan fingerprint density at radius 2 is 1.65 bits per heavy atom. The molecule has 0 radical (unpaired) electrons. The van der Waals surface area contributed by atoms with Crippen LogP contribution >= 0.6 is 0 Å². The third kappa shape index (κ3) is 2.80. The van der Waals surface area contributed by atoms with Gasteiger partial charge in [-0.1, -0.05) is 0 Å². The number of amides is 2. The average molecular weight is 280 g/mol. The third-order valence-electron chi connectivity index (χ3n) is 5.38. The maximum atomic E-state index is 12.4. The predicted octanol–water partition coefficient (Wildman–Crippen LogP) is 2.37. The molecule has 4 bridgehead atoms. The molecule has 0 atom stereocenters. The summed E-state index contributed by atoms with van der Waals surface area (Å²) in [4.78, 5) is 14.0. The van der Waals surface area contributed by atoms with Crippen LogP contribution in [0.15, 0.2) is 0 Å². The van der Waals surface area contributed by atoms with E-state index in [1.165, 1.54) is 38.5 Å². The van der Waals surface area contributed by atoms with E-state index in [0.29, 0.717) is 6.54 Å². The summed E-state index contributed by atoms with van der Waals surface area (Å²) in [5, 5.41) is 13.2. The molecular formula is C16H28N2O2. The van der Waals surface area contributed by atoms with Gasteiger partial charge in [0.05, 0.1) is 12.1 Å². The normalized spacial score (nSPS) is 38.9. The number of nitrogens with zero attached hydrogens (tertiary/aromatic N) is 1. The third-order valence-corrected chi connectivity index (χ3v) is 5.38. The van der Waals surface area contributed by atoms with Crippen LogP contribution in [0.1, 0.15) is 52.4 Å². The molecule has 0 saturated heterocycles. The van der Waals surface area contributed by atoms with Gasteiger partial charge in [0.25, 0.3) is 0 Å². The van der Waals surface area contributed by atoms with Gasteiger partial charge in [0.1, 0.15) is 0 Å². The van der Waals surface area contributed by atoms with Gasteiger partial charge < -0.3 is 15.3 Å². The maximum absolute atomic E-state index is 12.4. The lowest BCUT2D eigenvalue weighted by atomic mass is 9.53. The van der Waals surface area contributed by atoms with Crippen LogP contribution in [-0.2, 0) is 0 Å². The second-order valence-corrected chi connectivity index (χ2v) is 8.30. The zero-order valence-electron chi connectivity index (χ0n) is 13.0. The van der Waals surface area contributed by atoms with Gasteiger partial charge in [-0.05, 0) is 70.1 Å². The minimum atomic E-state index is -0.840. The average Bonchev–Trinajstić information content (AvgIpc) is 2.23. The Labute approximate surface area is 121 Å². The summed E-state index contributed by atoms with van der Waals surface area (Å²) in [5.41, 5.74) is -0.784. The number of carbonyl (C=O) groups excluding carboxylic acids is 1. The number of urea groups is 1. The van der Waals surface area contributed by atoms with Crippen LogP contribution in [0.5, 0.6) is 0 Å². The molecular weight excluding hydrogens is 252 g/mol. The zero-order chi connectivity index (χ0) is 14.5. The van der Waals surface area contributed by atoms with Crippen LogP contribution in [0.25, 0.3) is 0 Å². The fourth-order valence-electron chi connectivity index (χ4n) is 5.24. The van der Waals surface area contributed by atoms with Crippen molar-refractivity contribution in [2.45, 2.75) is 63.5 Å². The summed E-state index contributed by atoms with van der Waals surface area (Å²) in [7, 11) is 1.77. The summed E-state index contributed by atoms with van der Waals surface area (Å²) < 4.78 is 0. The molecule has 0 heterocycles. The first-order chi connectivity index (χ1) is 9.25. The second-order valence-electron chi connectivity index (χ2n) is 8.30. The van der Waals surface area contributed by atoms with Crippen molar-refractivity contribution >= 4 is 6.03 Å². The summed E-state index contributed by atoms with van der Waals surface area (Å²) in [6.45, 7) is 3.84. The number of hydrogen-bond acceptors (Lipinski definition) is 2. The molecule has 0 aliphatic heterocycles. The van der Waals surface area contributed by atoms with Crippen molar-refractivity contribution in [1.82, 2.24) is 10.2 Å². The topological polar surface area (TPSA) is 52.6 Å². The highest BCUT2D eigenvalue weighted by Gasteiger charge is 2.51. The van der Waals surface area contributed by atoms with Crippen molar-refractivity contribution in [1.29, 1.82) is 0 Å². The lowest BCUT2D eigenvalue weighted by Gasteiger charge is -2.57. The molecule has 4 saturated carbocycles. The van der Waals surface area contributed by atoms with Crippen molar-refractivity contribution in [2.75, 3.05) is 13.6 Å². The first-order valence-corrected chi connectivity index (χ1v) is 8.00. The van der Waals surface area contributed by atoms with Crippen LogP contribution in [0.2, 0.25) is 0 Å². The number of aliphatic hydroxyl groups is 1. The minimum absolute atomic E-state index is 0.0194.